The number of anilines is 1. The first-order chi connectivity index (χ1) is 9.16. The van der Waals surface area contributed by atoms with Crippen molar-refractivity contribution in [3.63, 3.8) is 0 Å². The molecule has 4 nitrogen and oxygen atoms in total. The van der Waals surface area contributed by atoms with Gasteiger partial charge in [-0.15, -0.1) is 0 Å². The van der Waals surface area contributed by atoms with Crippen molar-refractivity contribution in [2.24, 2.45) is 0 Å². The highest BCUT2D eigenvalue weighted by Gasteiger charge is 2.10. The van der Waals surface area contributed by atoms with Crippen LogP contribution < -0.4 is 5.73 Å². The molecule has 0 aliphatic heterocycles. The van der Waals surface area contributed by atoms with Crippen LogP contribution in [0.5, 0.6) is 0 Å². The van der Waals surface area contributed by atoms with Gasteiger partial charge >= 0.3 is 0 Å². The molecule has 0 amide bonds. The molecule has 0 saturated heterocycles. The summed E-state index contributed by atoms with van der Waals surface area (Å²) in [6.07, 6.45) is 5.44. The summed E-state index contributed by atoms with van der Waals surface area (Å²) in [5.41, 5.74) is 8.81. The number of aromatic nitrogens is 2. The fourth-order valence-corrected chi connectivity index (χ4v) is 2.29. The molecule has 4 heteroatoms. The molecule has 0 fully saturated rings. The summed E-state index contributed by atoms with van der Waals surface area (Å²) in [6.45, 7) is 4.34. The molecule has 2 aromatic heterocycles. The van der Waals surface area contributed by atoms with E-state index in [0.29, 0.717) is 11.8 Å². The van der Waals surface area contributed by atoms with Crippen molar-refractivity contribution in [2.75, 3.05) is 5.73 Å². The summed E-state index contributed by atoms with van der Waals surface area (Å²) in [5, 5.41) is 6.04. The van der Waals surface area contributed by atoms with E-state index < -0.39 is 0 Å². The lowest BCUT2D eigenvalue weighted by atomic mass is 9.96. The largest absolute Gasteiger partial charge is 0.367 e. The number of nitrogens with zero attached hydrogens (tertiary/aromatic N) is 2. The van der Waals surface area contributed by atoms with Gasteiger partial charge in [-0.05, 0) is 28.5 Å². The minimum absolute atomic E-state index is 0.340. The van der Waals surface area contributed by atoms with Crippen molar-refractivity contribution in [1.82, 2.24) is 10.1 Å². The van der Waals surface area contributed by atoms with Gasteiger partial charge in [0, 0.05) is 17.8 Å². The molecule has 0 aliphatic carbocycles. The Labute approximate surface area is 111 Å². The molecule has 3 aromatic rings. The lowest BCUT2D eigenvalue weighted by Crippen LogP contribution is -1.92. The summed E-state index contributed by atoms with van der Waals surface area (Å²) >= 11 is 0. The highest BCUT2D eigenvalue weighted by atomic mass is 16.5. The van der Waals surface area contributed by atoms with Crippen LogP contribution >= 0.6 is 0 Å². The number of hydrogen-bond acceptors (Lipinski definition) is 4. The topological polar surface area (TPSA) is 64.9 Å². The Morgan fingerprint density at radius 1 is 1.16 bits per heavy atom. The quantitative estimate of drug-likeness (QED) is 0.757. The first kappa shape index (κ1) is 11.7. The van der Waals surface area contributed by atoms with Crippen LogP contribution in [0.1, 0.15) is 25.3 Å². The van der Waals surface area contributed by atoms with Gasteiger partial charge < -0.3 is 10.3 Å². The van der Waals surface area contributed by atoms with E-state index in [1.807, 2.05) is 18.5 Å². The number of pyridine rings is 1. The predicted octanol–water partition coefficient (Wildman–Crippen LogP) is 3.60. The summed E-state index contributed by atoms with van der Waals surface area (Å²) in [5.74, 6) is 0.787. The van der Waals surface area contributed by atoms with E-state index in [1.165, 1.54) is 10.9 Å². The van der Waals surface area contributed by atoms with Crippen LogP contribution in [0.15, 0.2) is 41.3 Å². The highest BCUT2D eigenvalue weighted by molar-refractivity contribution is 5.90. The van der Waals surface area contributed by atoms with E-state index in [9.17, 15) is 0 Å². The third-order valence-corrected chi connectivity index (χ3v) is 3.32. The van der Waals surface area contributed by atoms with Gasteiger partial charge in [-0.2, -0.15) is 0 Å². The second kappa shape index (κ2) is 4.39. The molecule has 0 spiro atoms. The van der Waals surface area contributed by atoms with Crippen molar-refractivity contribution in [3.05, 3.63) is 42.4 Å². The van der Waals surface area contributed by atoms with Gasteiger partial charge in [0.25, 0.3) is 0 Å². The van der Waals surface area contributed by atoms with Gasteiger partial charge in [-0.1, -0.05) is 31.1 Å². The number of nitrogen functional groups attached to an aromatic ring is 1. The van der Waals surface area contributed by atoms with Gasteiger partial charge in [-0.25, -0.2) is 0 Å². The molecule has 0 aliphatic rings. The number of fused-ring (bicyclic) bond motifs is 1. The molecular formula is C15H15N3O. The van der Waals surface area contributed by atoms with Gasteiger partial charge in [0.2, 0.25) is 5.88 Å². The van der Waals surface area contributed by atoms with E-state index >= 15 is 0 Å². The third-order valence-electron chi connectivity index (χ3n) is 3.32. The first-order valence-electron chi connectivity index (χ1n) is 6.25. The SMILES string of the molecule is CC(C)c1cncc2cc(-c3cnoc3N)ccc12. The fourth-order valence-electron chi connectivity index (χ4n) is 2.29. The van der Waals surface area contributed by atoms with Crippen molar-refractivity contribution >= 4 is 16.7 Å². The van der Waals surface area contributed by atoms with E-state index in [-0.39, 0.29) is 0 Å². The van der Waals surface area contributed by atoms with Gasteiger partial charge in [0.1, 0.15) is 0 Å². The maximum absolute atomic E-state index is 5.75. The van der Waals surface area contributed by atoms with E-state index in [4.69, 9.17) is 10.3 Å². The Hall–Kier alpha value is -2.36. The minimum Gasteiger partial charge on any atom is -0.367 e. The zero-order valence-electron chi connectivity index (χ0n) is 10.9. The summed E-state index contributed by atoms with van der Waals surface area (Å²) in [4.78, 5) is 4.31. The van der Waals surface area contributed by atoms with Crippen molar-refractivity contribution in [1.29, 1.82) is 0 Å². The van der Waals surface area contributed by atoms with E-state index in [2.05, 4.69) is 36.1 Å². The maximum Gasteiger partial charge on any atom is 0.229 e. The molecule has 0 radical (unpaired) electrons. The predicted molar refractivity (Wildman–Crippen MR) is 75.7 cm³/mol. The van der Waals surface area contributed by atoms with Crippen LogP contribution in [0.25, 0.3) is 21.9 Å². The van der Waals surface area contributed by atoms with Crippen LogP contribution in [0.4, 0.5) is 5.88 Å². The summed E-state index contributed by atoms with van der Waals surface area (Å²) in [7, 11) is 0. The van der Waals surface area contributed by atoms with Crippen LogP contribution in [0, 0.1) is 0 Å². The lowest BCUT2D eigenvalue weighted by molar-refractivity contribution is 0.436. The molecule has 0 bridgehead atoms. The second-order valence-electron chi connectivity index (χ2n) is 4.92. The van der Waals surface area contributed by atoms with E-state index in [1.54, 1.807) is 6.20 Å². The van der Waals surface area contributed by atoms with Crippen LogP contribution in [0.3, 0.4) is 0 Å². The zero-order valence-corrected chi connectivity index (χ0v) is 10.9. The number of nitrogens with two attached hydrogens (primary N) is 1. The van der Waals surface area contributed by atoms with E-state index in [0.717, 1.165) is 16.5 Å². The second-order valence-corrected chi connectivity index (χ2v) is 4.92. The number of rotatable bonds is 2. The average Bonchev–Trinajstić information content (AvgIpc) is 2.83. The molecule has 2 heterocycles. The maximum atomic E-state index is 5.75. The smallest absolute Gasteiger partial charge is 0.229 e. The molecule has 0 saturated carbocycles. The fraction of sp³-hybridized carbons (Fsp3) is 0.200. The molecule has 3 rings (SSSR count). The number of hydrogen-bond donors (Lipinski definition) is 1. The molecule has 1 aromatic carbocycles. The van der Waals surface area contributed by atoms with Crippen molar-refractivity contribution in [3.8, 4) is 11.1 Å². The highest BCUT2D eigenvalue weighted by Crippen LogP contribution is 2.31. The lowest BCUT2D eigenvalue weighted by Gasteiger charge is -2.10. The Morgan fingerprint density at radius 2 is 2.00 bits per heavy atom. The Balaban J connectivity index is 2.20. The number of benzene rings is 1. The summed E-state index contributed by atoms with van der Waals surface area (Å²) < 4.78 is 4.91. The monoisotopic (exact) mass is 253 g/mol. The Kier molecular flexibility index (Phi) is 2.71. The van der Waals surface area contributed by atoms with Crippen LogP contribution in [-0.2, 0) is 0 Å². The molecule has 0 unspecified atom stereocenters. The summed E-state index contributed by atoms with van der Waals surface area (Å²) in [6, 6.07) is 6.21. The van der Waals surface area contributed by atoms with Gasteiger partial charge in [0.05, 0.1) is 11.8 Å². The van der Waals surface area contributed by atoms with Crippen molar-refractivity contribution in [2.45, 2.75) is 19.8 Å². The first-order valence-corrected chi connectivity index (χ1v) is 6.25. The zero-order chi connectivity index (χ0) is 13.4. The molecule has 19 heavy (non-hydrogen) atoms. The molecule has 2 N–H and O–H groups in total. The molecule has 96 valence electrons. The third kappa shape index (κ3) is 1.95. The molecular weight excluding hydrogens is 238 g/mol. The Bertz CT molecular complexity index is 731. The molecule has 0 atom stereocenters. The van der Waals surface area contributed by atoms with Crippen LogP contribution in [0.2, 0.25) is 0 Å². The minimum atomic E-state index is 0.340. The van der Waals surface area contributed by atoms with Crippen LogP contribution in [-0.4, -0.2) is 10.1 Å². The normalized spacial score (nSPS) is 11.3. The standard InChI is InChI=1S/C15H15N3O/c1-9(2)13-7-17-6-11-5-10(3-4-12(11)13)14-8-18-19-15(14)16/h3-9H,16H2,1-2H3. The average molecular weight is 253 g/mol. The van der Waals surface area contributed by atoms with Gasteiger partial charge in [0.15, 0.2) is 0 Å². The Morgan fingerprint density at radius 3 is 2.68 bits per heavy atom. The van der Waals surface area contributed by atoms with Gasteiger partial charge in [-0.3, -0.25) is 4.98 Å². The van der Waals surface area contributed by atoms with Crippen molar-refractivity contribution < 1.29 is 4.52 Å².